The molecule has 110 valence electrons. The van der Waals surface area contributed by atoms with Gasteiger partial charge in [0.25, 0.3) is 0 Å². The Morgan fingerprint density at radius 1 is 0.952 bits per heavy atom. The molecule has 21 heavy (non-hydrogen) atoms. The van der Waals surface area contributed by atoms with E-state index in [2.05, 4.69) is 42.6 Å². The van der Waals surface area contributed by atoms with Gasteiger partial charge >= 0.3 is 0 Å². The van der Waals surface area contributed by atoms with E-state index in [1.54, 1.807) is 0 Å². The second-order valence-electron chi connectivity index (χ2n) is 6.32. The molecule has 2 aromatic carbocycles. The fraction of sp³-hybridized carbons (Fsp3) is 0.368. The van der Waals surface area contributed by atoms with Crippen LogP contribution in [0.15, 0.2) is 36.4 Å². The molecule has 0 bridgehead atoms. The minimum absolute atomic E-state index is 0.411. The van der Waals surface area contributed by atoms with Crippen molar-refractivity contribution in [3.05, 3.63) is 58.7 Å². The minimum atomic E-state index is 0.411. The van der Waals surface area contributed by atoms with Gasteiger partial charge in [0.2, 0.25) is 0 Å². The van der Waals surface area contributed by atoms with E-state index < -0.39 is 0 Å². The summed E-state index contributed by atoms with van der Waals surface area (Å²) in [5.74, 6) is 1.08. The number of hydrogen-bond donors (Lipinski definition) is 2. The van der Waals surface area contributed by atoms with Crippen molar-refractivity contribution in [3.63, 3.8) is 0 Å². The highest BCUT2D eigenvalue weighted by atomic mass is 16.3. The third-order valence-corrected chi connectivity index (χ3v) is 4.68. The van der Waals surface area contributed by atoms with Crippen LogP contribution in [-0.2, 0) is 0 Å². The first-order chi connectivity index (χ1) is 10.0. The predicted molar refractivity (Wildman–Crippen MR) is 88.1 cm³/mol. The summed E-state index contributed by atoms with van der Waals surface area (Å²) in [5, 5.41) is 13.6. The number of rotatable bonds is 3. The summed E-state index contributed by atoms with van der Waals surface area (Å²) < 4.78 is 0. The standard InChI is InChI=1S/C19H23NO/c1-12-4-7-15(8-5-12)16-10-17(11-16)20-18-9-6-13(2)19(21)14(18)3/h4-9,16-17,20-21H,10-11H2,1-3H3. The molecule has 3 rings (SSSR count). The Kier molecular flexibility index (Phi) is 3.62. The largest absolute Gasteiger partial charge is 0.507 e. The fourth-order valence-electron chi connectivity index (χ4n) is 3.06. The zero-order valence-electron chi connectivity index (χ0n) is 13.0. The maximum atomic E-state index is 10.0. The van der Waals surface area contributed by atoms with Crippen LogP contribution in [-0.4, -0.2) is 11.1 Å². The van der Waals surface area contributed by atoms with Gasteiger partial charge < -0.3 is 10.4 Å². The second-order valence-corrected chi connectivity index (χ2v) is 6.32. The van der Waals surface area contributed by atoms with Gasteiger partial charge in [0.15, 0.2) is 0 Å². The molecule has 0 spiro atoms. The molecule has 2 aromatic rings. The topological polar surface area (TPSA) is 32.3 Å². The first-order valence-electron chi connectivity index (χ1n) is 7.67. The number of aromatic hydroxyl groups is 1. The first kappa shape index (κ1) is 14.0. The van der Waals surface area contributed by atoms with Gasteiger partial charge in [0.05, 0.1) is 0 Å². The summed E-state index contributed by atoms with van der Waals surface area (Å²) >= 11 is 0. The van der Waals surface area contributed by atoms with E-state index >= 15 is 0 Å². The van der Waals surface area contributed by atoms with E-state index in [1.165, 1.54) is 11.1 Å². The fourth-order valence-corrected chi connectivity index (χ4v) is 3.06. The van der Waals surface area contributed by atoms with Crippen LogP contribution in [0.25, 0.3) is 0 Å². The van der Waals surface area contributed by atoms with Crippen LogP contribution in [0.2, 0.25) is 0 Å². The normalized spacial score (nSPS) is 20.9. The van der Waals surface area contributed by atoms with Crippen LogP contribution in [0.3, 0.4) is 0 Å². The molecule has 1 saturated carbocycles. The van der Waals surface area contributed by atoms with Gasteiger partial charge in [-0.05, 0) is 56.7 Å². The Morgan fingerprint density at radius 3 is 2.29 bits per heavy atom. The van der Waals surface area contributed by atoms with E-state index in [9.17, 15) is 5.11 Å². The van der Waals surface area contributed by atoms with Crippen molar-refractivity contribution in [3.8, 4) is 5.75 Å². The van der Waals surface area contributed by atoms with Gasteiger partial charge in [-0.1, -0.05) is 35.9 Å². The number of anilines is 1. The lowest BCUT2D eigenvalue weighted by molar-refractivity contribution is 0.374. The van der Waals surface area contributed by atoms with Crippen molar-refractivity contribution in [2.45, 2.75) is 45.6 Å². The van der Waals surface area contributed by atoms with E-state index in [0.29, 0.717) is 17.7 Å². The molecule has 0 unspecified atom stereocenters. The minimum Gasteiger partial charge on any atom is -0.507 e. The molecule has 0 amide bonds. The molecule has 0 heterocycles. The quantitative estimate of drug-likeness (QED) is 0.856. The van der Waals surface area contributed by atoms with Gasteiger partial charge in [0, 0.05) is 17.3 Å². The number of nitrogens with one attached hydrogen (secondary N) is 1. The molecule has 1 aliphatic carbocycles. The number of phenolic OH excluding ortho intramolecular Hbond substituents is 1. The lowest BCUT2D eigenvalue weighted by Crippen LogP contribution is -2.34. The molecule has 1 aliphatic rings. The van der Waals surface area contributed by atoms with E-state index in [0.717, 1.165) is 29.7 Å². The predicted octanol–water partition coefficient (Wildman–Crippen LogP) is 4.68. The third kappa shape index (κ3) is 2.76. The molecule has 0 saturated heterocycles. The second kappa shape index (κ2) is 5.44. The molecule has 2 heteroatoms. The van der Waals surface area contributed by atoms with Crippen molar-refractivity contribution in [1.29, 1.82) is 0 Å². The number of hydrogen-bond acceptors (Lipinski definition) is 2. The zero-order valence-corrected chi connectivity index (χ0v) is 13.0. The van der Waals surface area contributed by atoms with Gasteiger partial charge in [0.1, 0.15) is 5.75 Å². The molecule has 0 atom stereocenters. The monoisotopic (exact) mass is 281 g/mol. The highest BCUT2D eigenvalue weighted by Crippen LogP contribution is 2.39. The molecule has 2 nitrogen and oxygen atoms in total. The number of phenols is 1. The first-order valence-corrected chi connectivity index (χ1v) is 7.67. The van der Waals surface area contributed by atoms with Gasteiger partial charge in [-0.3, -0.25) is 0 Å². The average Bonchev–Trinajstić information content (AvgIpc) is 2.43. The SMILES string of the molecule is Cc1ccc(C2CC(Nc3ccc(C)c(O)c3C)C2)cc1. The molecule has 2 N–H and O–H groups in total. The summed E-state index contributed by atoms with van der Waals surface area (Å²) in [6.45, 7) is 6.03. The van der Waals surface area contributed by atoms with Crippen LogP contribution in [0, 0.1) is 20.8 Å². The smallest absolute Gasteiger partial charge is 0.123 e. The van der Waals surface area contributed by atoms with Crippen LogP contribution >= 0.6 is 0 Å². The van der Waals surface area contributed by atoms with Crippen molar-refractivity contribution >= 4 is 5.69 Å². The summed E-state index contributed by atoms with van der Waals surface area (Å²) in [6.07, 6.45) is 2.33. The van der Waals surface area contributed by atoms with E-state index in [4.69, 9.17) is 0 Å². The van der Waals surface area contributed by atoms with Crippen LogP contribution in [0.1, 0.15) is 41.0 Å². The highest BCUT2D eigenvalue weighted by Gasteiger charge is 2.30. The maximum Gasteiger partial charge on any atom is 0.123 e. The molecule has 1 fully saturated rings. The molecular formula is C19H23NO. The van der Waals surface area contributed by atoms with E-state index in [-0.39, 0.29) is 0 Å². The highest BCUT2D eigenvalue weighted by molar-refractivity contribution is 5.59. The number of aryl methyl sites for hydroxylation is 2. The third-order valence-electron chi connectivity index (χ3n) is 4.68. The van der Waals surface area contributed by atoms with Crippen LogP contribution in [0.5, 0.6) is 5.75 Å². The summed E-state index contributed by atoms with van der Waals surface area (Å²) in [4.78, 5) is 0. The maximum absolute atomic E-state index is 10.0. The van der Waals surface area contributed by atoms with Crippen molar-refractivity contribution < 1.29 is 5.11 Å². The number of benzene rings is 2. The van der Waals surface area contributed by atoms with Crippen molar-refractivity contribution in [2.75, 3.05) is 5.32 Å². The van der Waals surface area contributed by atoms with E-state index in [1.807, 2.05) is 19.9 Å². The van der Waals surface area contributed by atoms with Crippen LogP contribution in [0.4, 0.5) is 5.69 Å². The Balaban J connectivity index is 1.62. The van der Waals surface area contributed by atoms with Crippen molar-refractivity contribution in [2.24, 2.45) is 0 Å². The Morgan fingerprint density at radius 2 is 1.62 bits per heavy atom. The summed E-state index contributed by atoms with van der Waals surface area (Å²) in [7, 11) is 0. The molecule has 0 aromatic heterocycles. The Hall–Kier alpha value is -1.96. The van der Waals surface area contributed by atoms with Crippen molar-refractivity contribution in [1.82, 2.24) is 0 Å². The van der Waals surface area contributed by atoms with Gasteiger partial charge in [-0.2, -0.15) is 0 Å². The average molecular weight is 281 g/mol. The lowest BCUT2D eigenvalue weighted by Gasteiger charge is -2.37. The Labute approximate surface area is 126 Å². The zero-order chi connectivity index (χ0) is 15.0. The Bertz CT molecular complexity index is 639. The summed E-state index contributed by atoms with van der Waals surface area (Å²) in [6, 6.07) is 13.4. The van der Waals surface area contributed by atoms with Crippen LogP contribution < -0.4 is 5.32 Å². The molecule has 0 aliphatic heterocycles. The molecule has 0 radical (unpaired) electrons. The lowest BCUT2D eigenvalue weighted by atomic mass is 9.75. The summed E-state index contributed by atoms with van der Waals surface area (Å²) in [5.41, 5.74) is 5.71. The van der Waals surface area contributed by atoms with Gasteiger partial charge in [-0.25, -0.2) is 0 Å². The van der Waals surface area contributed by atoms with Gasteiger partial charge in [-0.15, -0.1) is 0 Å². The molecular weight excluding hydrogens is 258 g/mol.